The Morgan fingerprint density at radius 3 is 1.34 bits per heavy atom. The van der Waals surface area contributed by atoms with Crippen LogP contribution in [-0.4, -0.2) is 70.7 Å². The fraction of sp³-hybridized carbons (Fsp3) is 0.673. The monoisotopic (exact) mass is 872 g/mol. The summed E-state index contributed by atoms with van der Waals surface area (Å²) in [5.74, 6) is -0.355. The highest BCUT2D eigenvalue weighted by molar-refractivity contribution is 7.45. The molecule has 0 bridgehead atoms. The molecule has 0 saturated heterocycles. The maximum atomic E-state index is 12.7. The van der Waals surface area contributed by atoms with Crippen molar-refractivity contribution in [2.75, 3.05) is 54.1 Å². The van der Waals surface area contributed by atoms with Crippen LogP contribution in [0.4, 0.5) is 0 Å². The number of esters is 1. The number of nitrogens with zero attached hydrogens (tertiary/aromatic N) is 1. The van der Waals surface area contributed by atoms with E-state index in [-0.39, 0.29) is 25.8 Å². The second-order valence-corrected chi connectivity index (χ2v) is 18.1. The van der Waals surface area contributed by atoms with E-state index >= 15 is 0 Å². The molecule has 0 aliphatic carbocycles. The summed E-state index contributed by atoms with van der Waals surface area (Å²) < 4.78 is 34.6. The van der Waals surface area contributed by atoms with E-state index in [0.717, 1.165) is 96.3 Å². The van der Waals surface area contributed by atoms with Crippen molar-refractivity contribution >= 4 is 13.8 Å². The number of rotatable bonds is 43. The Morgan fingerprint density at radius 1 is 0.508 bits per heavy atom. The number of quaternary nitrogens is 1. The molecule has 2 unspecified atom stereocenters. The first-order chi connectivity index (χ1) is 29.6. The molecule has 0 aromatic carbocycles. The van der Waals surface area contributed by atoms with Crippen molar-refractivity contribution in [3.05, 3.63) is 97.2 Å². The Kier molecular flexibility index (Phi) is 42.2. The van der Waals surface area contributed by atoms with Crippen LogP contribution in [0.25, 0.3) is 0 Å². The SMILES string of the molecule is CC/C=C\C/C=C\C/C=C\C/C=C\CCCCCCCCCCCCC(=O)OC(COCCCCC/C=C\C/C=C\C/C=C\C/C=C\CC)COP(=O)([O-])OCC[N+](C)(C)C. The zero-order valence-electron chi connectivity index (χ0n) is 39.6. The van der Waals surface area contributed by atoms with Crippen LogP contribution in [0.1, 0.15) is 168 Å². The third-order valence-corrected chi connectivity index (χ3v) is 10.6. The molecule has 2 atom stereocenters. The Bertz CT molecular complexity index is 1290. The van der Waals surface area contributed by atoms with Crippen LogP contribution < -0.4 is 4.89 Å². The molecule has 0 rings (SSSR count). The van der Waals surface area contributed by atoms with Crippen LogP contribution in [0, 0.1) is 0 Å². The molecule has 0 aliphatic rings. The number of likely N-dealkylation sites (N-methyl/N-ethyl adjacent to an activating group) is 1. The molecule has 8 nitrogen and oxygen atoms in total. The van der Waals surface area contributed by atoms with Gasteiger partial charge >= 0.3 is 5.97 Å². The van der Waals surface area contributed by atoms with Crippen molar-refractivity contribution in [3.8, 4) is 0 Å². The predicted octanol–water partition coefficient (Wildman–Crippen LogP) is 14.0. The molecule has 0 amide bonds. The lowest BCUT2D eigenvalue weighted by Gasteiger charge is -2.28. The van der Waals surface area contributed by atoms with Gasteiger partial charge < -0.3 is 27.9 Å². The summed E-state index contributed by atoms with van der Waals surface area (Å²) in [6.07, 6.45) is 60.0. The number of phosphoric acid groups is 1. The van der Waals surface area contributed by atoms with Crippen molar-refractivity contribution in [1.82, 2.24) is 0 Å². The quantitative estimate of drug-likeness (QED) is 0.0198. The number of hydrogen-bond acceptors (Lipinski definition) is 7. The van der Waals surface area contributed by atoms with E-state index in [9.17, 15) is 14.3 Å². The van der Waals surface area contributed by atoms with Crippen LogP contribution in [-0.2, 0) is 27.9 Å². The number of carbonyl (C=O) groups excluding carboxylic acids is 1. The minimum Gasteiger partial charge on any atom is -0.756 e. The van der Waals surface area contributed by atoms with E-state index in [2.05, 4.69) is 111 Å². The summed E-state index contributed by atoms with van der Waals surface area (Å²) in [7, 11) is 1.32. The first-order valence-corrected chi connectivity index (χ1v) is 25.4. The fourth-order valence-electron chi connectivity index (χ4n) is 6.00. The number of unbranched alkanes of at least 4 members (excludes halogenated alkanes) is 13. The predicted molar refractivity (Wildman–Crippen MR) is 258 cm³/mol. The molecule has 0 radical (unpaired) electrons. The Hall–Kier alpha value is -2.58. The maximum Gasteiger partial charge on any atom is 0.306 e. The van der Waals surface area contributed by atoms with E-state index in [1.807, 2.05) is 21.1 Å². The van der Waals surface area contributed by atoms with E-state index < -0.39 is 13.9 Å². The highest BCUT2D eigenvalue weighted by atomic mass is 31.2. The Morgan fingerprint density at radius 2 is 0.902 bits per heavy atom. The second kappa shape index (κ2) is 44.0. The van der Waals surface area contributed by atoms with Crippen LogP contribution in [0.15, 0.2) is 97.2 Å². The molecule has 61 heavy (non-hydrogen) atoms. The molecule has 0 aromatic heterocycles. The average Bonchev–Trinajstić information content (AvgIpc) is 3.22. The lowest BCUT2D eigenvalue weighted by Crippen LogP contribution is -2.37. The topological polar surface area (TPSA) is 94.1 Å². The fourth-order valence-corrected chi connectivity index (χ4v) is 6.73. The number of allylic oxidation sites excluding steroid dienone is 16. The first kappa shape index (κ1) is 58.4. The molecule has 0 aliphatic heterocycles. The molecule has 9 heteroatoms. The van der Waals surface area contributed by atoms with Gasteiger partial charge in [-0.3, -0.25) is 9.36 Å². The Labute approximate surface area is 375 Å². The molecule has 350 valence electrons. The third-order valence-electron chi connectivity index (χ3n) is 9.63. The zero-order chi connectivity index (χ0) is 44.8. The molecular formula is C52H90NO7P. The van der Waals surface area contributed by atoms with Gasteiger partial charge in [0, 0.05) is 13.0 Å². The highest BCUT2D eigenvalue weighted by Gasteiger charge is 2.20. The average molecular weight is 872 g/mol. The molecule has 0 N–H and O–H groups in total. The van der Waals surface area contributed by atoms with Crippen LogP contribution in [0.5, 0.6) is 0 Å². The van der Waals surface area contributed by atoms with Crippen molar-refractivity contribution in [1.29, 1.82) is 0 Å². The smallest absolute Gasteiger partial charge is 0.306 e. The number of ether oxygens (including phenoxy) is 2. The van der Waals surface area contributed by atoms with Gasteiger partial charge in [0.25, 0.3) is 7.82 Å². The van der Waals surface area contributed by atoms with Crippen LogP contribution in [0.2, 0.25) is 0 Å². The molecule has 0 fully saturated rings. The van der Waals surface area contributed by atoms with E-state index in [1.54, 1.807) is 0 Å². The lowest BCUT2D eigenvalue weighted by atomic mass is 10.0. The van der Waals surface area contributed by atoms with Crippen molar-refractivity contribution in [2.24, 2.45) is 0 Å². The van der Waals surface area contributed by atoms with Crippen molar-refractivity contribution < 1.29 is 37.3 Å². The van der Waals surface area contributed by atoms with E-state index in [0.29, 0.717) is 24.1 Å². The first-order valence-electron chi connectivity index (χ1n) is 24.0. The van der Waals surface area contributed by atoms with Gasteiger partial charge in [0.05, 0.1) is 34.4 Å². The zero-order valence-corrected chi connectivity index (χ0v) is 40.5. The number of hydrogen-bond donors (Lipinski definition) is 0. The van der Waals surface area contributed by atoms with Crippen LogP contribution in [0.3, 0.4) is 0 Å². The number of phosphoric ester groups is 1. The van der Waals surface area contributed by atoms with Crippen molar-refractivity contribution in [2.45, 2.75) is 174 Å². The standard InChI is InChI=1S/C52H90NO7P/c1-6-8-10-12-14-16-18-20-22-24-25-26-27-28-29-30-31-33-35-37-39-41-43-45-52(54)60-51(50-59-61(55,56)58-48-46-53(3,4)5)49-57-47-44-42-40-38-36-34-32-23-21-19-17-15-13-11-9-7-2/h8-11,14-17,20-23,25-26,34,36,51H,6-7,12-13,18-19,24,27-33,35,37-50H2,1-5H3/b10-8-,11-9-,16-14-,17-15-,22-20-,23-21-,26-25-,36-34-. The summed E-state index contributed by atoms with van der Waals surface area (Å²) in [4.78, 5) is 25.1. The van der Waals surface area contributed by atoms with E-state index in [4.69, 9.17) is 18.5 Å². The highest BCUT2D eigenvalue weighted by Crippen LogP contribution is 2.38. The van der Waals surface area contributed by atoms with Crippen molar-refractivity contribution in [3.63, 3.8) is 0 Å². The summed E-state index contributed by atoms with van der Waals surface area (Å²) >= 11 is 0. The van der Waals surface area contributed by atoms with Gasteiger partial charge in [0.1, 0.15) is 19.3 Å². The van der Waals surface area contributed by atoms with E-state index in [1.165, 1.54) is 51.4 Å². The Balaban J connectivity index is 4.23. The third kappa shape index (κ3) is 48.3. The molecule has 0 heterocycles. The van der Waals surface area contributed by atoms with Gasteiger partial charge in [-0.1, -0.05) is 169 Å². The lowest BCUT2D eigenvalue weighted by molar-refractivity contribution is -0.870. The largest absolute Gasteiger partial charge is 0.756 e. The second-order valence-electron chi connectivity index (χ2n) is 16.7. The normalized spacial score (nSPS) is 14.5. The van der Waals surface area contributed by atoms with Gasteiger partial charge in [0.2, 0.25) is 0 Å². The minimum atomic E-state index is -4.54. The molecule has 0 saturated carbocycles. The summed E-state index contributed by atoms with van der Waals surface area (Å²) in [5, 5.41) is 0. The molecular weight excluding hydrogens is 782 g/mol. The van der Waals surface area contributed by atoms with Gasteiger partial charge in [-0.15, -0.1) is 0 Å². The summed E-state index contributed by atoms with van der Waals surface area (Å²) in [6, 6.07) is 0. The number of carbonyl (C=O) groups is 1. The minimum absolute atomic E-state index is 0.0133. The summed E-state index contributed by atoms with van der Waals surface area (Å²) in [6.45, 7) is 5.08. The molecule has 0 aromatic rings. The van der Waals surface area contributed by atoms with Gasteiger partial charge in [0.15, 0.2) is 0 Å². The summed E-state index contributed by atoms with van der Waals surface area (Å²) in [5.41, 5.74) is 0. The van der Waals surface area contributed by atoms with Crippen LogP contribution >= 0.6 is 7.82 Å². The maximum absolute atomic E-state index is 12.7. The van der Waals surface area contributed by atoms with Gasteiger partial charge in [-0.05, 0) is 89.9 Å². The molecule has 0 spiro atoms. The van der Waals surface area contributed by atoms with Gasteiger partial charge in [-0.25, -0.2) is 0 Å². The van der Waals surface area contributed by atoms with Gasteiger partial charge in [-0.2, -0.15) is 0 Å².